The third kappa shape index (κ3) is 3.65. The fourth-order valence-corrected chi connectivity index (χ4v) is 1.16. The number of hydrogen-bond acceptors (Lipinski definition) is 6. The van der Waals surface area contributed by atoms with Crippen LogP contribution in [0.5, 0.6) is 0 Å². The van der Waals surface area contributed by atoms with E-state index in [0.29, 0.717) is 5.56 Å². The van der Waals surface area contributed by atoms with Crippen molar-refractivity contribution in [2.45, 2.75) is 19.4 Å². The van der Waals surface area contributed by atoms with Crippen molar-refractivity contribution in [2.75, 3.05) is 18.5 Å². The molecule has 1 aromatic heterocycles. The molecule has 0 saturated heterocycles. The van der Waals surface area contributed by atoms with Crippen LogP contribution >= 0.6 is 0 Å². The van der Waals surface area contributed by atoms with Crippen LogP contribution in [-0.4, -0.2) is 38.9 Å². The number of nitrogens with zero attached hydrogens (tertiary/aromatic N) is 2. The van der Waals surface area contributed by atoms with Crippen molar-refractivity contribution in [1.29, 1.82) is 0 Å². The molecule has 7 nitrogen and oxygen atoms in total. The molecule has 94 valence electrons. The first-order valence-electron chi connectivity index (χ1n) is 5.04. The highest BCUT2D eigenvalue weighted by molar-refractivity contribution is 5.56. The maximum absolute atomic E-state index is 10.8. The number of nitrogens with one attached hydrogen (secondary N) is 1. The van der Waals surface area contributed by atoms with E-state index in [1.807, 2.05) is 0 Å². The first kappa shape index (κ1) is 13.3. The van der Waals surface area contributed by atoms with Gasteiger partial charge in [0.2, 0.25) is 5.82 Å². The van der Waals surface area contributed by atoms with Gasteiger partial charge in [0.15, 0.2) is 0 Å². The highest BCUT2D eigenvalue weighted by atomic mass is 16.6. The largest absolute Gasteiger partial charge is 0.393 e. The second-order valence-corrected chi connectivity index (χ2v) is 4.15. The fourth-order valence-electron chi connectivity index (χ4n) is 1.16. The second-order valence-electron chi connectivity index (χ2n) is 4.15. The van der Waals surface area contributed by atoms with E-state index in [9.17, 15) is 15.2 Å². The second kappa shape index (κ2) is 5.07. The summed E-state index contributed by atoms with van der Waals surface area (Å²) in [5.74, 6) is 0.0781. The number of aliphatic hydroxyl groups is 2. The van der Waals surface area contributed by atoms with Crippen LogP contribution in [0.4, 0.5) is 11.5 Å². The van der Waals surface area contributed by atoms with Gasteiger partial charge in [-0.2, -0.15) is 0 Å². The molecule has 0 aromatic carbocycles. The Morgan fingerprint density at radius 2 is 2.29 bits per heavy atom. The molecule has 0 spiro atoms. The Bertz CT molecular complexity index is 420. The zero-order valence-corrected chi connectivity index (χ0v) is 9.67. The summed E-state index contributed by atoms with van der Waals surface area (Å²) in [6.07, 6.45) is 1.49. The van der Waals surface area contributed by atoms with Crippen molar-refractivity contribution in [3.8, 4) is 0 Å². The van der Waals surface area contributed by atoms with Crippen LogP contribution in [0.15, 0.2) is 12.3 Å². The predicted molar refractivity (Wildman–Crippen MR) is 61.8 cm³/mol. The third-order valence-corrected chi connectivity index (χ3v) is 2.18. The molecular weight excluding hydrogens is 226 g/mol. The van der Waals surface area contributed by atoms with Crippen molar-refractivity contribution in [3.63, 3.8) is 0 Å². The van der Waals surface area contributed by atoms with Crippen LogP contribution in [-0.2, 0) is 0 Å². The zero-order valence-electron chi connectivity index (χ0n) is 9.67. The maximum Gasteiger partial charge on any atom is 0.311 e. The van der Waals surface area contributed by atoms with Gasteiger partial charge in [0, 0.05) is 18.8 Å². The van der Waals surface area contributed by atoms with Crippen molar-refractivity contribution < 1.29 is 15.1 Å². The molecule has 17 heavy (non-hydrogen) atoms. The number of aryl methyl sites for hydroxylation is 1. The van der Waals surface area contributed by atoms with Gasteiger partial charge in [0.05, 0.1) is 11.5 Å². The van der Waals surface area contributed by atoms with E-state index in [-0.39, 0.29) is 18.1 Å². The maximum atomic E-state index is 10.8. The summed E-state index contributed by atoms with van der Waals surface area (Å²) >= 11 is 0. The minimum atomic E-state index is -1.35. The number of nitro groups is 1. The highest BCUT2D eigenvalue weighted by Crippen LogP contribution is 2.22. The van der Waals surface area contributed by atoms with Crippen molar-refractivity contribution in [3.05, 3.63) is 27.9 Å². The molecule has 3 N–H and O–H groups in total. The average molecular weight is 241 g/mol. The number of pyridine rings is 1. The molecule has 0 aliphatic heterocycles. The van der Waals surface area contributed by atoms with Crippen molar-refractivity contribution in [1.82, 2.24) is 4.98 Å². The molecular formula is C10H15N3O4. The minimum absolute atomic E-state index is 0.0274. The molecule has 0 amide bonds. The predicted octanol–water partition coefficient (Wildman–Crippen LogP) is 0.453. The van der Waals surface area contributed by atoms with Crippen LogP contribution in [0.3, 0.4) is 0 Å². The lowest BCUT2D eigenvalue weighted by atomic mass is 10.1. The smallest absolute Gasteiger partial charge is 0.311 e. The number of rotatable bonds is 5. The first-order valence-corrected chi connectivity index (χ1v) is 5.04. The van der Waals surface area contributed by atoms with Crippen LogP contribution in [0.25, 0.3) is 0 Å². The monoisotopic (exact) mass is 241 g/mol. The Hall–Kier alpha value is -1.73. The molecule has 1 aromatic rings. The Labute approximate surface area is 98.3 Å². The molecule has 0 aliphatic rings. The Morgan fingerprint density at radius 1 is 1.65 bits per heavy atom. The molecule has 1 rings (SSSR count). The minimum Gasteiger partial charge on any atom is -0.393 e. The van der Waals surface area contributed by atoms with E-state index in [4.69, 9.17) is 5.11 Å². The molecule has 0 fully saturated rings. The molecule has 1 atom stereocenters. The van der Waals surface area contributed by atoms with Gasteiger partial charge >= 0.3 is 5.69 Å². The van der Waals surface area contributed by atoms with Gasteiger partial charge in [-0.1, -0.05) is 0 Å². The topological polar surface area (TPSA) is 109 Å². The van der Waals surface area contributed by atoms with Gasteiger partial charge in [0.25, 0.3) is 0 Å². The summed E-state index contributed by atoms with van der Waals surface area (Å²) in [5.41, 5.74) is -0.824. The van der Waals surface area contributed by atoms with E-state index in [1.54, 1.807) is 6.92 Å². The van der Waals surface area contributed by atoms with E-state index >= 15 is 0 Å². The molecule has 0 saturated carbocycles. The number of aliphatic hydroxyl groups excluding tert-OH is 1. The summed E-state index contributed by atoms with van der Waals surface area (Å²) in [6.45, 7) is 2.65. The van der Waals surface area contributed by atoms with Gasteiger partial charge in [-0.05, 0) is 19.4 Å². The summed E-state index contributed by atoms with van der Waals surface area (Å²) in [7, 11) is 0. The van der Waals surface area contributed by atoms with Crippen LogP contribution in [0, 0.1) is 17.0 Å². The molecule has 0 aliphatic carbocycles. The van der Waals surface area contributed by atoms with Gasteiger partial charge in [-0.15, -0.1) is 0 Å². The summed E-state index contributed by atoms with van der Waals surface area (Å²) in [6, 6.07) is 1.39. The summed E-state index contributed by atoms with van der Waals surface area (Å²) in [5, 5.41) is 31.8. The van der Waals surface area contributed by atoms with E-state index in [1.165, 1.54) is 19.2 Å². The Kier molecular flexibility index (Phi) is 3.97. The number of anilines is 1. The summed E-state index contributed by atoms with van der Waals surface area (Å²) in [4.78, 5) is 14.1. The molecule has 1 unspecified atom stereocenters. The Morgan fingerprint density at radius 3 is 2.82 bits per heavy atom. The lowest BCUT2D eigenvalue weighted by molar-refractivity contribution is -0.384. The average Bonchev–Trinajstić information content (AvgIpc) is 2.27. The van der Waals surface area contributed by atoms with Crippen molar-refractivity contribution >= 4 is 11.5 Å². The van der Waals surface area contributed by atoms with Crippen LogP contribution in [0.2, 0.25) is 0 Å². The molecule has 1 heterocycles. The zero-order chi connectivity index (χ0) is 13.1. The lowest BCUT2D eigenvalue weighted by Gasteiger charge is -2.20. The van der Waals surface area contributed by atoms with Gasteiger partial charge in [0.1, 0.15) is 5.60 Å². The quantitative estimate of drug-likeness (QED) is 0.510. The van der Waals surface area contributed by atoms with E-state index in [0.717, 1.165) is 0 Å². The van der Waals surface area contributed by atoms with Gasteiger partial charge < -0.3 is 15.5 Å². The fraction of sp³-hybridized carbons (Fsp3) is 0.500. The standard InChI is InChI=1S/C10H15N3O4/c1-7-3-8(13(16)17)9(11-4-7)12-5-10(2,15)6-14/h3-4,14-15H,5-6H2,1-2H3,(H,11,12). The SMILES string of the molecule is Cc1cnc(NCC(C)(O)CO)c([N+](=O)[O-])c1. The molecule has 7 heteroatoms. The first-order chi connectivity index (χ1) is 7.85. The number of aromatic nitrogens is 1. The van der Waals surface area contributed by atoms with Gasteiger partial charge in [-0.3, -0.25) is 10.1 Å². The molecule has 0 bridgehead atoms. The third-order valence-electron chi connectivity index (χ3n) is 2.18. The lowest BCUT2D eigenvalue weighted by Crippen LogP contribution is -2.37. The van der Waals surface area contributed by atoms with Crippen LogP contribution in [0.1, 0.15) is 12.5 Å². The van der Waals surface area contributed by atoms with Gasteiger partial charge in [-0.25, -0.2) is 4.98 Å². The van der Waals surface area contributed by atoms with E-state index < -0.39 is 17.1 Å². The highest BCUT2D eigenvalue weighted by Gasteiger charge is 2.22. The summed E-state index contributed by atoms with van der Waals surface area (Å²) < 4.78 is 0. The van der Waals surface area contributed by atoms with Crippen molar-refractivity contribution in [2.24, 2.45) is 0 Å². The van der Waals surface area contributed by atoms with Crippen LogP contribution < -0.4 is 5.32 Å². The van der Waals surface area contributed by atoms with E-state index in [2.05, 4.69) is 10.3 Å². The normalized spacial score (nSPS) is 14.1. The Balaban J connectivity index is 2.88. The number of hydrogen-bond donors (Lipinski definition) is 3. The molecule has 0 radical (unpaired) electrons.